The normalized spacial score (nSPS) is 13.3. The number of nitrogens with zero attached hydrogens (tertiary/aromatic N) is 2. The van der Waals surface area contributed by atoms with Crippen molar-refractivity contribution < 1.29 is 27.5 Å². The zero-order valence-corrected chi connectivity index (χ0v) is 24.3. The van der Waals surface area contributed by atoms with E-state index in [1.165, 1.54) is 23.1 Å². The van der Waals surface area contributed by atoms with Crippen LogP contribution in [0.25, 0.3) is 0 Å². The Morgan fingerprint density at radius 2 is 1.65 bits per heavy atom. The van der Waals surface area contributed by atoms with Gasteiger partial charge in [0.2, 0.25) is 11.8 Å². The zero-order valence-electron chi connectivity index (χ0n) is 22.0. The number of sulfonamides is 1. The molecule has 0 aliphatic carbocycles. The molecule has 0 fully saturated rings. The molecule has 0 aromatic heterocycles. The first kappa shape index (κ1) is 29.5. The van der Waals surface area contributed by atoms with E-state index in [2.05, 4.69) is 5.32 Å². The molecule has 9 nitrogen and oxygen atoms in total. The van der Waals surface area contributed by atoms with Crippen molar-refractivity contribution >= 4 is 50.7 Å². The van der Waals surface area contributed by atoms with Crippen molar-refractivity contribution in [2.24, 2.45) is 0 Å². The first-order valence-corrected chi connectivity index (χ1v) is 14.8. The SMILES string of the molecule is CCNC(=O)[C@@H](C)N(Cc1ccc(Cl)c(Cl)c1)C(=O)CN(c1ccc2c(c1)OCCO2)S(=O)(=O)c1ccccc1. The highest BCUT2D eigenvalue weighted by Gasteiger charge is 2.33. The second-order valence-electron chi connectivity index (χ2n) is 8.99. The van der Waals surface area contributed by atoms with Crippen LogP contribution < -0.4 is 19.1 Å². The van der Waals surface area contributed by atoms with E-state index in [0.29, 0.717) is 46.9 Å². The van der Waals surface area contributed by atoms with Gasteiger partial charge in [-0.3, -0.25) is 13.9 Å². The summed E-state index contributed by atoms with van der Waals surface area (Å²) >= 11 is 12.3. The monoisotopic (exact) mass is 605 g/mol. The molecule has 0 unspecified atom stereocenters. The summed E-state index contributed by atoms with van der Waals surface area (Å²) in [5, 5.41) is 3.36. The van der Waals surface area contributed by atoms with Gasteiger partial charge in [-0.1, -0.05) is 47.5 Å². The molecule has 1 aliphatic heterocycles. The van der Waals surface area contributed by atoms with E-state index in [1.807, 2.05) is 0 Å². The van der Waals surface area contributed by atoms with Crippen molar-refractivity contribution in [2.75, 3.05) is 30.6 Å². The molecule has 2 amide bonds. The molecule has 0 radical (unpaired) electrons. The van der Waals surface area contributed by atoms with Gasteiger partial charge in [-0.25, -0.2) is 8.42 Å². The fourth-order valence-electron chi connectivity index (χ4n) is 4.17. The third-order valence-corrected chi connectivity index (χ3v) is 8.81. The van der Waals surface area contributed by atoms with Gasteiger partial charge in [0.25, 0.3) is 10.0 Å². The number of fused-ring (bicyclic) bond motifs is 1. The highest BCUT2D eigenvalue weighted by Crippen LogP contribution is 2.36. The van der Waals surface area contributed by atoms with Crippen molar-refractivity contribution in [3.8, 4) is 11.5 Å². The number of hydrogen-bond donors (Lipinski definition) is 1. The van der Waals surface area contributed by atoms with Crippen molar-refractivity contribution in [1.29, 1.82) is 0 Å². The molecule has 3 aromatic carbocycles. The topological polar surface area (TPSA) is 105 Å². The Kier molecular flexibility index (Phi) is 9.44. The first-order chi connectivity index (χ1) is 19.1. The van der Waals surface area contributed by atoms with Crippen LogP contribution in [0.3, 0.4) is 0 Å². The number of benzene rings is 3. The molecule has 12 heteroatoms. The van der Waals surface area contributed by atoms with Crippen LogP contribution in [0.1, 0.15) is 19.4 Å². The number of halogens is 2. The molecule has 1 atom stereocenters. The predicted octanol–water partition coefficient (Wildman–Crippen LogP) is 4.51. The third-order valence-electron chi connectivity index (χ3n) is 6.28. The molecular formula is C28H29Cl2N3O6S. The Balaban J connectivity index is 1.74. The van der Waals surface area contributed by atoms with E-state index in [0.717, 1.165) is 4.31 Å². The lowest BCUT2D eigenvalue weighted by molar-refractivity contribution is -0.139. The summed E-state index contributed by atoms with van der Waals surface area (Å²) in [6.07, 6.45) is 0. The Morgan fingerprint density at radius 3 is 2.33 bits per heavy atom. The van der Waals surface area contributed by atoms with Crippen LogP contribution in [0.5, 0.6) is 11.5 Å². The van der Waals surface area contributed by atoms with E-state index >= 15 is 0 Å². The number of anilines is 1. The number of amides is 2. The number of hydrogen-bond acceptors (Lipinski definition) is 6. The molecule has 4 rings (SSSR count). The lowest BCUT2D eigenvalue weighted by Gasteiger charge is -2.32. The van der Waals surface area contributed by atoms with Gasteiger partial charge in [0.15, 0.2) is 11.5 Å². The molecule has 1 N–H and O–H groups in total. The summed E-state index contributed by atoms with van der Waals surface area (Å²) in [7, 11) is -4.20. The summed E-state index contributed by atoms with van der Waals surface area (Å²) in [6.45, 7) is 3.81. The Labute approximate surface area is 243 Å². The molecule has 212 valence electrons. The minimum Gasteiger partial charge on any atom is -0.486 e. The van der Waals surface area contributed by atoms with Crippen LogP contribution in [0, 0.1) is 0 Å². The van der Waals surface area contributed by atoms with Crippen LogP contribution in [-0.4, -0.2) is 57.5 Å². The van der Waals surface area contributed by atoms with Crippen molar-refractivity contribution in [3.05, 3.63) is 82.3 Å². The molecule has 3 aromatic rings. The quantitative estimate of drug-likeness (QED) is 0.364. The fraction of sp³-hybridized carbons (Fsp3) is 0.286. The Morgan fingerprint density at radius 1 is 0.950 bits per heavy atom. The van der Waals surface area contributed by atoms with E-state index in [-0.39, 0.29) is 23.0 Å². The molecule has 1 aliphatic rings. The molecule has 0 saturated carbocycles. The first-order valence-electron chi connectivity index (χ1n) is 12.6. The number of ether oxygens (including phenoxy) is 2. The summed E-state index contributed by atoms with van der Waals surface area (Å²) in [5.74, 6) is -0.135. The Hall–Kier alpha value is -3.47. The van der Waals surface area contributed by atoms with Crippen LogP contribution in [0.15, 0.2) is 71.6 Å². The lowest BCUT2D eigenvalue weighted by Crippen LogP contribution is -2.51. The van der Waals surface area contributed by atoms with Gasteiger partial charge in [0, 0.05) is 19.2 Å². The van der Waals surface area contributed by atoms with Crippen LogP contribution >= 0.6 is 23.2 Å². The minimum absolute atomic E-state index is 0.00509. The summed E-state index contributed by atoms with van der Waals surface area (Å²) in [6, 6.07) is 16.5. The number of nitrogens with one attached hydrogen (secondary N) is 1. The van der Waals surface area contributed by atoms with Gasteiger partial charge in [0.1, 0.15) is 25.8 Å². The fourth-order valence-corrected chi connectivity index (χ4v) is 5.92. The maximum Gasteiger partial charge on any atom is 0.264 e. The molecular weight excluding hydrogens is 577 g/mol. The molecule has 0 bridgehead atoms. The maximum absolute atomic E-state index is 13.9. The molecule has 0 spiro atoms. The van der Waals surface area contributed by atoms with Crippen molar-refractivity contribution in [1.82, 2.24) is 10.2 Å². The average molecular weight is 607 g/mol. The van der Waals surface area contributed by atoms with Crippen LogP contribution in [0.2, 0.25) is 10.0 Å². The summed E-state index contributed by atoms with van der Waals surface area (Å²) in [4.78, 5) is 28.1. The molecule has 1 heterocycles. The van der Waals surface area contributed by atoms with Crippen LogP contribution in [-0.2, 0) is 26.2 Å². The highest BCUT2D eigenvalue weighted by molar-refractivity contribution is 7.92. The van der Waals surface area contributed by atoms with E-state index in [1.54, 1.807) is 62.4 Å². The van der Waals surface area contributed by atoms with Gasteiger partial charge >= 0.3 is 0 Å². The van der Waals surface area contributed by atoms with Crippen molar-refractivity contribution in [3.63, 3.8) is 0 Å². The number of carbonyl (C=O) groups is 2. The highest BCUT2D eigenvalue weighted by atomic mass is 35.5. The second-order valence-corrected chi connectivity index (χ2v) is 11.7. The smallest absolute Gasteiger partial charge is 0.264 e. The van der Waals surface area contributed by atoms with Gasteiger partial charge < -0.3 is 19.7 Å². The van der Waals surface area contributed by atoms with Crippen molar-refractivity contribution in [2.45, 2.75) is 31.3 Å². The van der Waals surface area contributed by atoms with Gasteiger partial charge in [-0.05, 0) is 55.8 Å². The largest absolute Gasteiger partial charge is 0.486 e. The molecule has 0 saturated heterocycles. The Bertz CT molecular complexity index is 1490. The number of carbonyl (C=O) groups excluding carboxylic acids is 2. The van der Waals surface area contributed by atoms with E-state index in [9.17, 15) is 18.0 Å². The maximum atomic E-state index is 13.9. The van der Waals surface area contributed by atoms with Gasteiger partial charge in [-0.15, -0.1) is 0 Å². The standard InChI is InChI=1S/C28H29Cl2N3O6S/c1-3-31-28(35)19(2)32(17-20-9-11-23(29)24(30)15-20)27(34)18-33(40(36,37)22-7-5-4-6-8-22)21-10-12-25-26(16-21)39-14-13-38-25/h4-12,15-16,19H,3,13-14,17-18H2,1-2H3,(H,31,35)/t19-/m1/s1. The average Bonchev–Trinajstić information content (AvgIpc) is 2.96. The lowest BCUT2D eigenvalue weighted by atomic mass is 10.1. The predicted molar refractivity (Wildman–Crippen MR) is 154 cm³/mol. The zero-order chi connectivity index (χ0) is 28.9. The van der Waals surface area contributed by atoms with Crippen LogP contribution in [0.4, 0.5) is 5.69 Å². The summed E-state index contributed by atoms with van der Waals surface area (Å²) in [5.41, 5.74) is 0.831. The number of rotatable bonds is 10. The van der Waals surface area contributed by atoms with Gasteiger partial charge in [0.05, 0.1) is 20.6 Å². The van der Waals surface area contributed by atoms with E-state index in [4.69, 9.17) is 32.7 Å². The van der Waals surface area contributed by atoms with Gasteiger partial charge in [-0.2, -0.15) is 0 Å². The van der Waals surface area contributed by atoms with E-state index < -0.39 is 28.5 Å². The summed E-state index contributed by atoms with van der Waals surface area (Å²) < 4.78 is 40.0. The third kappa shape index (κ3) is 6.63. The number of likely N-dealkylation sites (N-methyl/N-ethyl adjacent to an activating group) is 1. The second kappa shape index (κ2) is 12.8. The minimum atomic E-state index is -4.20. The molecule has 40 heavy (non-hydrogen) atoms.